The molecule has 0 amide bonds. The minimum atomic E-state index is -0.394. The highest BCUT2D eigenvalue weighted by atomic mass is 35.5. The normalized spacial score (nSPS) is 17.2. The van der Waals surface area contributed by atoms with Gasteiger partial charge in [0.05, 0.1) is 0 Å². The van der Waals surface area contributed by atoms with Gasteiger partial charge in [-0.2, -0.15) is 4.98 Å². The van der Waals surface area contributed by atoms with Crippen molar-refractivity contribution in [2.75, 3.05) is 13.1 Å². The van der Waals surface area contributed by atoms with Crippen molar-refractivity contribution in [1.29, 1.82) is 0 Å². The first-order valence-corrected chi connectivity index (χ1v) is 7.21. The second-order valence-corrected chi connectivity index (χ2v) is 5.22. The number of benzene rings is 1. The molecule has 3 rings (SSSR count). The van der Waals surface area contributed by atoms with E-state index in [1.807, 2.05) is 0 Å². The quantitative estimate of drug-likeness (QED) is 0.884. The van der Waals surface area contributed by atoms with Crippen molar-refractivity contribution in [3.63, 3.8) is 0 Å². The molecule has 0 bridgehead atoms. The molecule has 1 N–H and O–H groups in total. The highest BCUT2D eigenvalue weighted by Gasteiger charge is 2.16. The first-order chi connectivity index (χ1) is 10.3. The van der Waals surface area contributed by atoms with Crippen molar-refractivity contribution < 1.29 is 13.7 Å². The van der Waals surface area contributed by atoms with E-state index < -0.39 is 5.82 Å². The summed E-state index contributed by atoms with van der Waals surface area (Å²) in [6.07, 6.45) is 3.03. The molecule has 1 aliphatic heterocycles. The molecule has 2 aromatic rings. The molecule has 0 saturated carbocycles. The summed E-state index contributed by atoms with van der Waals surface area (Å²) < 4.78 is 23.9. The maximum absolute atomic E-state index is 13.4. The lowest BCUT2D eigenvalue weighted by Crippen LogP contribution is -2.09. The largest absolute Gasteiger partial charge is 0.482 e. The molecule has 0 spiro atoms. The summed E-state index contributed by atoms with van der Waals surface area (Å²) in [6, 6.07) is 6.26. The predicted octanol–water partition coefficient (Wildman–Crippen LogP) is 2.75. The van der Waals surface area contributed by atoms with Crippen LogP contribution >= 0.6 is 12.4 Å². The van der Waals surface area contributed by atoms with Gasteiger partial charge < -0.3 is 14.6 Å². The first kappa shape index (κ1) is 16.7. The lowest BCUT2D eigenvalue weighted by Gasteiger charge is -2.04. The van der Waals surface area contributed by atoms with Gasteiger partial charge in [-0.05, 0) is 44.0 Å². The van der Waals surface area contributed by atoms with E-state index in [0.717, 1.165) is 25.9 Å². The van der Waals surface area contributed by atoms with E-state index in [1.54, 1.807) is 18.2 Å². The van der Waals surface area contributed by atoms with Gasteiger partial charge >= 0.3 is 0 Å². The molecule has 22 heavy (non-hydrogen) atoms. The number of aryl methyl sites for hydroxylation is 1. The van der Waals surface area contributed by atoms with Crippen molar-refractivity contribution in [3.8, 4) is 5.75 Å². The predicted molar refractivity (Wildman–Crippen MR) is 81.6 cm³/mol. The molecule has 1 aliphatic rings. The highest BCUT2D eigenvalue weighted by molar-refractivity contribution is 5.85. The minimum absolute atomic E-state index is 0. The Morgan fingerprint density at radius 3 is 3.00 bits per heavy atom. The maximum Gasteiger partial charge on any atom is 0.226 e. The SMILES string of the molecule is Cl.Fc1ccccc1OCc1noc(CCC2CCNC2)n1. The molecule has 1 unspecified atom stereocenters. The van der Waals surface area contributed by atoms with E-state index in [4.69, 9.17) is 9.26 Å². The van der Waals surface area contributed by atoms with E-state index in [9.17, 15) is 4.39 Å². The number of nitrogens with one attached hydrogen (secondary N) is 1. The fourth-order valence-electron chi connectivity index (χ4n) is 2.44. The molecular weight excluding hydrogens is 309 g/mol. The Kier molecular flexibility index (Phi) is 6.15. The second kappa shape index (κ2) is 8.10. The van der Waals surface area contributed by atoms with Crippen LogP contribution in [-0.4, -0.2) is 23.2 Å². The monoisotopic (exact) mass is 327 g/mol. The number of para-hydroxylation sites is 1. The summed E-state index contributed by atoms with van der Waals surface area (Å²) in [4.78, 5) is 4.27. The number of aromatic nitrogens is 2. The average molecular weight is 328 g/mol. The molecule has 5 nitrogen and oxygen atoms in total. The Morgan fingerprint density at radius 1 is 1.36 bits per heavy atom. The molecule has 0 aliphatic carbocycles. The summed E-state index contributed by atoms with van der Waals surface area (Å²) in [5, 5.41) is 7.19. The first-order valence-electron chi connectivity index (χ1n) is 7.21. The molecular formula is C15H19ClFN3O2. The van der Waals surface area contributed by atoms with Crippen molar-refractivity contribution in [3.05, 3.63) is 41.8 Å². The van der Waals surface area contributed by atoms with Crippen LogP contribution in [0, 0.1) is 11.7 Å². The maximum atomic E-state index is 13.4. The minimum Gasteiger partial charge on any atom is -0.482 e. The van der Waals surface area contributed by atoms with Crippen LogP contribution in [0.4, 0.5) is 4.39 Å². The standard InChI is InChI=1S/C15H18FN3O2.ClH/c16-12-3-1-2-4-13(12)20-10-14-18-15(21-19-14)6-5-11-7-8-17-9-11;/h1-4,11,17H,5-10H2;1H. The van der Waals surface area contributed by atoms with Gasteiger partial charge in [-0.25, -0.2) is 4.39 Å². The second-order valence-electron chi connectivity index (χ2n) is 5.22. The Hall–Kier alpha value is -1.66. The van der Waals surface area contributed by atoms with E-state index >= 15 is 0 Å². The van der Waals surface area contributed by atoms with Gasteiger partial charge in [-0.15, -0.1) is 12.4 Å². The van der Waals surface area contributed by atoms with Gasteiger partial charge in [-0.1, -0.05) is 17.3 Å². The van der Waals surface area contributed by atoms with Crippen LogP contribution in [0.2, 0.25) is 0 Å². The van der Waals surface area contributed by atoms with Gasteiger partial charge in [-0.3, -0.25) is 0 Å². The number of ether oxygens (including phenoxy) is 1. The summed E-state index contributed by atoms with van der Waals surface area (Å²) in [7, 11) is 0. The summed E-state index contributed by atoms with van der Waals surface area (Å²) in [5.74, 6) is 1.55. The molecule has 120 valence electrons. The molecule has 1 saturated heterocycles. The molecule has 1 atom stereocenters. The highest BCUT2D eigenvalue weighted by Crippen LogP contribution is 2.17. The Labute approximate surface area is 134 Å². The van der Waals surface area contributed by atoms with Crippen molar-refractivity contribution in [2.45, 2.75) is 25.9 Å². The molecule has 0 radical (unpaired) electrons. The zero-order valence-electron chi connectivity index (χ0n) is 12.1. The molecule has 7 heteroatoms. The van der Waals surface area contributed by atoms with Crippen LogP contribution in [0.25, 0.3) is 0 Å². The number of rotatable bonds is 6. The zero-order chi connectivity index (χ0) is 14.5. The van der Waals surface area contributed by atoms with Crippen LogP contribution in [0.3, 0.4) is 0 Å². The van der Waals surface area contributed by atoms with E-state index in [0.29, 0.717) is 17.6 Å². The fraction of sp³-hybridized carbons (Fsp3) is 0.467. The Morgan fingerprint density at radius 2 is 2.23 bits per heavy atom. The van der Waals surface area contributed by atoms with Crippen molar-refractivity contribution in [1.82, 2.24) is 15.5 Å². The van der Waals surface area contributed by atoms with E-state index in [-0.39, 0.29) is 24.8 Å². The molecule has 1 aromatic carbocycles. The third-order valence-corrected chi connectivity index (χ3v) is 3.63. The van der Waals surface area contributed by atoms with E-state index in [2.05, 4.69) is 15.5 Å². The topological polar surface area (TPSA) is 60.2 Å². The number of halogens is 2. The third-order valence-electron chi connectivity index (χ3n) is 3.63. The molecule has 1 aromatic heterocycles. The average Bonchev–Trinajstić information content (AvgIpc) is 3.16. The van der Waals surface area contributed by atoms with Crippen LogP contribution in [0.1, 0.15) is 24.6 Å². The fourth-order valence-corrected chi connectivity index (χ4v) is 2.44. The van der Waals surface area contributed by atoms with Crippen LogP contribution < -0.4 is 10.1 Å². The summed E-state index contributed by atoms with van der Waals surface area (Å²) >= 11 is 0. The third kappa shape index (κ3) is 4.42. The number of hydrogen-bond donors (Lipinski definition) is 1. The van der Waals surface area contributed by atoms with Gasteiger partial charge in [0.25, 0.3) is 0 Å². The Bertz CT molecular complexity index is 588. The number of hydrogen-bond acceptors (Lipinski definition) is 5. The van der Waals surface area contributed by atoms with E-state index in [1.165, 1.54) is 12.5 Å². The zero-order valence-corrected chi connectivity index (χ0v) is 12.9. The lowest BCUT2D eigenvalue weighted by atomic mass is 10.0. The summed E-state index contributed by atoms with van der Waals surface area (Å²) in [5.41, 5.74) is 0. The van der Waals surface area contributed by atoms with Gasteiger partial charge in [0.15, 0.2) is 18.2 Å². The Balaban J connectivity index is 0.00000176. The number of nitrogens with zero attached hydrogens (tertiary/aromatic N) is 2. The smallest absolute Gasteiger partial charge is 0.226 e. The van der Waals surface area contributed by atoms with Gasteiger partial charge in [0, 0.05) is 6.42 Å². The van der Waals surface area contributed by atoms with Gasteiger partial charge in [0.2, 0.25) is 11.7 Å². The van der Waals surface area contributed by atoms with Crippen LogP contribution in [0.5, 0.6) is 5.75 Å². The van der Waals surface area contributed by atoms with Crippen LogP contribution in [-0.2, 0) is 13.0 Å². The molecule has 1 fully saturated rings. The summed E-state index contributed by atoms with van der Waals surface area (Å²) in [6.45, 7) is 2.27. The van der Waals surface area contributed by atoms with Gasteiger partial charge in [0.1, 0.15) is 0 Å². The van der Waals surface area contributed by atoms with Crippen molar-refractivity contribution >= 4 is 12.4 Å². The molecule has 2 heterocycles. The van der Waals surface area contributed by atoms with Crippen LogP contribution in [0.15, 0.2) is 28.8 Å². The van der Waals surface area contributed by atoms with Crippen molar-refractivity contribution in [2.24, 2.45) is 5.92 Å². The lowest BCUT2D eigenvalue weighted by molar-refractivity contribution is 0.272.